The zero-order valence-electron chi connectivity index (χ0n) is 10.4. The lowest BCUT2D eigenvalue weighted by Gasteiger charge is -2.14. The van der Waals surface area contributed by atoms with E-state index in [0.717, 1.165) is 6.42 Å². The van der Waals surface area contributed by atoms with E-state index < -0.39 is 18.0 Å². The van der Waals surface area contributed by atoms with Gasteiger partial charge in [0.1, 0.15) is 6.04 Å². The Balaban J connectivity index is 3.02. The van der Waals surface area contributed by atoms with Crippen LogP contribution in [0.25, 0.3) is 0 Å². The van der Waals surface area contributed by atoms with Gasteiger partial charge in [-0.3, -0.25) is 4.68 Å². The number of carbonyl (C=O) groups excluding carboxylic acids is 1. The number of carboxylic acids is 1. The van der Waals surface area contributed by atoms with Crippen molar-refractivity contribution in [2.45, 2.75) is 32.7 Å². The molecule has 1 unspecified atom stereocenters. The first-order valence-corrected chi connectivity index (χ1v) is 5.75. The van der Waals surface area contributed by atoms with Crippen molar-refractivity contribution in [3.05, 3.63) is 11.9 Å². The van der Waals surface area contributed by atoms with Crippen LogP contribution in [0, 0.1) is 0 Å². The molecule has 1 aromatic rings. The molecule has 7 nitrogen and oxygen atoms in total. The van der Waals surface area contributed by atoms with Gasteiger partial charge < -0.3 is 15.6 Å². The smallest absolute Gasteiger partial charge is 0.358 e. The van der Waals surface area contributed by atoms with Crippen LogP contribution in [0.4, 0.5) is 5.69 Å². The molecule has 0 saturated carbocycles. The number of rotatable bonds is 6. The molecule has 1 atom stereocenters. The maximum atomic E-state index is 11.8. The fourth-order valence-electron chi connectivity index (χ4n) is 1.60. The molecule has 0 aliphatic heterocycles. The SMILES string of the molecule is CCCC(C(=O)OCC)n1cc(N)c(C(=O)O)n1. The molecule has 0 aliphatic carbocycles. The maximum Gasteiger partial charge on any atom is 0.358 e. The molecule has 0 saturated heterocycles. The van der Waals surface area contributed by atoms with Crippen molar-refractivity contribution >= 4 is 17.6 Å². The summed E-state index contributed by atoms with van der Waals surface area (Å²) in [5.41, 5.74) is 5.32. The summed E-state index contributed by atoms with van der Waals surface area (Å²) in [4.78, 5) is 22.6. The van der Waals surface area contributed by atoms with Crippen molar-refractivity contribution < 1.29 is 19.4 Å². The highest BCUT2D eigenvalue weighted by atomic mass is 16.5. The number of aromatic nitrogens is 2. The van der Waals surface area contributed by atoms with Crippen LogP contribution in [0.15, 0.2) is 6.20 Å². The van der Waals surface area contributed by atoms with E-state index in [9.17, 15) is 9.59 Å². The third-order valence-electron chi connectivity index (χ3n) is 2.40. The summed E-state index contributed by atoms with van der Waals surface area (Å²) in [5, 5.41) is 12.7. The summed E-state index contributed by atoms with van der Waals surface area (Å²) in [7, 11) is 0. The number of esters is 1. The van der Waals surface area contributed by atoms with Crippen molar-refractivity contribution in [3.8, 4) is 0 Å². The van der Waals surface area contributed by atoms with Gasteiger partial charge in [-0.1, -0.05) is 13.3 Å². The minimum Gasteiger partial charge on any atom is -0.476 e. The summed E-state index contributed by atoms with van der Waals surface area (Å²) in [6.07, 6.45) is 2.60. The average molecular weight is 255 g/mol. The highest BCUT2D eigenvalue weighted by molar-refractivity contribution is 5.91. The fraction of sp³-hybridized carbons (Fsp3) is 0.545. The van der Waals surface area contributed by atoms with E-state index in [1.165, 1.54) is 10.9 Å². The van der Waals surface area contributed by atoms with E-state index in [2.05, 4.69) is 5.10 Å². The summed E-state index contributed by atoms with van der Waals surface area (Å²) < 4.78 is 6.20. The topological polar surface area (TPSA) is 107 Å². The lowest BCUT2D eigenvalue weighted by molar-refractivity contribution is -0.147. The van der Waals surface area contributed by atoms with Gasteiger partial charge in [0.15, 0.2) is 5.69 Å². The van der Waals surface area contributed by atoms with Gasteiger partial charge in [0.05, 0.1) is 12.3 Å². The number of carbonyl (C=O) groups is 2. The van der Waals surface area contributed by atoms with Gasteiger partial charge in [-0.25, -0.2) is 9.59 Å². The number of aromatic carboxylic acids is 1. The Kier molecular flexibility index (Phi) is 4.70. The maximum absolute atomic E-state index is 11.8. The second-order valence-corrected chi connectivity index (χ2v) is 3.77. The van der Waals surface area contributed by atoms with Crippen LogP contribution in [0.5, 0.6) is 0 Å². The number of ether oxygens (including phenoxy) is 1. The van der Waals surface area contributed by atoms with Crippen LogP contribution < -0.4 is 5.73 Å². The Bertz CT molecular complexity index is 441. The van der Waals surface area contributed by atoms with Crippen LogP contribution in [-0.4, -0.2) is 33.4 Å². The van der Waals surface area contributed by atoms with Crippen molar-refractivity contribution in [1.29, 1.82) is 0 Å². The van der Waals surface area contributed by atoms with E-state index in [0.29, 0.717) is 6.42 Å². The first-order chi connectivity index (χ1) is 8.51. The van der Waals surface area contributed by atoms with E-state index >= 15 is 0 Å². The van der Waals surface area contributed by atoms with E-state index in [1.807, 2.05) is 6.92 Å². The largest absolute Gasteiger partial charge is 0.476 e. The van der Waals surface area contributed by atoms with E-state index in [-0.39, 0.29) is 18.0 Å². The molecule has 0 aliphatic rings. The standard InChI is InChI=1S/C11H17N3O4/c1-3-5-8(11(17)18-4-2)14-6-7(12)9(13-14)10(15)16/h6,8H,3-5,12H2,1-2H3,(H,15,16). The fourth-order valence-corrected chi connectivity index (χ4v) is 1.60. The van der Waals surface area contributed by atoms with Crippen molar-refractivity contribution in [2.24, 2.45) is 0 Å². The number of hydrogen-bond donors (Lipinski definition) is 2. The number of nitrogens with two attached hydrogens (primary N) is 1. The third-order valence-corrected chi connectivity index (χ3v) is 2.40. The van der Waals surface area contributed by atoms with Gasteiger partial charge in [0.25, 0.3) is 0 Å². The summed E-state index contributed by atoms with van der Waals surface area (Å²) >= 11 is 0. The molecule has 7 heteroatoms. The number of hydrogen-bond acceptors (Lipinski definition) is 5. The Hall–Kier alpha value is -2.05. The molecule has 1 aromatic heterocycles. The van der Waals surface area contributed by atoms with Gasteiger partial charge in [-0.15, -0.1) is 0 Å². The monoisotopic (exact) mass is 255 g/mol. The summed E-state index contributed by atoms with van der Waals surface area (Å²) in [5.74, 6) is -1.65. The van der Waals surface area contributed by atoms with Gasteiger partial charge >= 0.3 is 11.9 Å². The minimum absolute atomic E-state index is 0.0351. The number of anilines is 1. The first-order valence-electron chi connectivity index (χ1n) is 5.75. The molecule has 0 aromatic carbocycles. The summed E-state index contributed by atoms with van der Waals surface area (Å²) in [6.45, 7) is 3.89. The molecule has 0 fully saturated rings. The average Bonchev–Trinajstić information content (AvgIpc) is 2.68. The molecule has 3 N–H and O–H groups in total. The van der Waals surface area contributed by atoms with Crippen LogP contribution in [0.3, 0.4) is 0 Å². The lowest BCUT2D eigenvalue weighted by atomic mass is 10.2. The molecule has 0 amide bonds. The molecule has 18 heavy (non-hydrogen) atoms. The van der Waals surface area contributed by atoms with Crippen LogP contribution in [-0.2, 0) is 9.53 Å². The Morgan fingerprint density at radius 3 is 2.67 bits per heavy atom. The zero-order valence-corrected chi connectivity index (χ0v) is 10.4. The second-order valence-electron chi connectivity index (χ2n) is 3.77. The minimum atomic E-state index is -1.22. The van der Waals surface area contributed by atoms with Gasteiger partial charge in [-0.05, 0) is 13.3 Å². The number of carboxylic acid groups (broad SMARTS) is 1. The second kappa shape index (κ2) is 6.04. The quantitative estimate of drug-likeness (QED) is 0.736. The molecule has 1 rings (SSSR count). The first kappa shape index (κ1) is 14.0. The molecular weight excluding hydrogens is 238 g/mol. The van der Waals surface area contributed by atoms with Crippen molar-refractivity contribution in [1.82, 2.24) is 9.78 Å². The Morgan fingerprint density at radius 1 is 1.56 bits per heavy atom. The van der Waals surface area contributed by atoms with Gasteiger partial charge in [-0.2, -0.15) is 5.10 Å². The zero-order chi connectivity index (χ0) is 13.7. The van der Waals surface area contributed by atoms with Gasteiger partial charge in [0, 0.05) is 6.20 Å². The van der Waals surface area contributed by atoms with Crippen LogP contribution in [0.1, 0.15) is 43.2 Å². The Labute approximate surface area is 105 Å². The molecule has 0 radical (unpaired) electrons. The van der Waals surface area contributed by atoms with E-state index in [4.69, 9.17) is 15.6 Å². The molecular formula is C11H17N3O4. The lowest BCUT2D eigenvalue weighted by Crippen LogP contribution is -2.22. The number of nitrogens with zero attached hydrogens (tertiary/aromatic N) is 2. The molecule has 1 heterocycles. The molecule has 0 bridgehead atoms. The van der Waals surface area contributed by atoms with Crippen molar-refractivity contribution in [2.75, 3.05) is 12.3 Å². The predicted octanol–water partition coefficient (Wildman–Crippen LogP) is 1.07. The Morgan fingerprint density at radius 2 is 2.22 bits per heavy atom. The van der Waals surface area contributed by atoms with Gasteiger partial charge in [0.2, 0.25) is 0 Å². The van der Waals surface area contributed by atoms with Crippen LogP contribution >= 0.6 is 0 Å². The predicted molar refractivity (Wildman–Crippen MR) is 64.2 cm³/mol. The normalized spacial score (nSPS) is 12.1. The van der Waals surface area contributed by atoms with Crippen molar-refractivity contribution in [3.63, 3.8) is 0 Å². The highest BCUT2D eigenvalue weighted by Gasteiger charge is 2.24. The number of nitrogen functional groups attached to an aromatic ring is 1. The molecule has 0 spiro atoms. The van der Waals surface area contributed by atoms with Crippen LogP contribution in [0.2, 0.25) is 0 Å². The summed E-state index contributed by atoms with van der Waals surface area (Å²) in [6, 6.07) is -0.634. The molecule has 100 valence electrons. The highest BCUT2D eigenvalue weighted by Crippen LogP contribution is 2.19. The van der Waals surface area contributed by atoms with E-state index in [1.54, 1.807) is 6.92 Å². The third kappa shape index (κ3) is 2.99.